The monoisotopic (exact) mass is 266 g/mol. The van der Waals surface area contributed by atoms with Crippen LogP contribution in [-0.2, 0) is 17.6 Å². The van der Waals surface area contributed by atoms with Crippen molar-refractivity contribution in [1.29, 1.82) is 0 Å². The highest BCUT2D eigenvalue weighted by Gasteiger charge is 2.21. The third-order valence-corrected chi connectivity index (χ3v) is 4.31. The van der Waals surface area contributed by atoms with Crippen LogP contribution in [0.3, 0.4) is 0 Å². The lowest BCUT2D eigenvalue weighted by molar-refractivity contribution is 0.00751. The van der Waals surface area contributed by atoms with Crippen molar-refractivity contribution in [1.82, 2.24) is 0 Å². The average molecular weight is 266 g/mol. The molecule has 0 radical (unpaired) electrons. The summed E-state index contributed by atoms with van der Waals surface area (Å²) in [5, 5.41) is 0. The van der Waals surface area contributed by atoms with Crippen molar-refractivity contribution >= 4 is 17.3 Å². The lowest BCUT2D eigenvalue weighted by Crippen LogP contribution is -2.23. The fourth-order valence-electron chi connectivity index (χ4n) is 2.27. The molecule has 1 aliphatic rings. The minimum Gasteiger partial charge on any atom is -0.456 e. The van der Waals surface area contributed by atoms with Crippen molar-refractivity contribution < 1.29 is 9.53 Å². The molecule has 0 aliphatic heterocycles. The zero-order valence-corrected chi connectivity index (χ0v) is 12.4. The molecule has 18 heavy (non-hydrogen) atoms. The van der Waals surface area contributed by atoms with E-state index in [9.17, 15) is 4.79 Å². The van der Waals surface area contributed by atoms with Gasteiger partial charge in [0.25, 0.3) is 0 Å². The largest absolute Gasteiger partial charge is 0.456 e. The highest BCUT2D eigenvalue weighted by atomic mass is 32.1. The van der Waals surface area contributed by atoms with Gasteiger partial charge in [0, 0.05) is 4.88 Å². The molecule has 0 saturated heterocycles. The molecule has 0 N–H and O–H groups in total. The van der Waals surface area contributed by atoms with Crippen LogP contribution in [0, 0.1) is 0 Å². The Balaban J connectivity index is 2.15. The summed E-state index contributed by atoms with van der Waals surface area (Å²) in [6.07, 6.45) is 7.38. The second-order valence-electron chi connectivity index (χ2n) is 5.98. The molecule has 2 rings (SSSR count). The van der Waals surface area contributed by atoms with Crippen molar-refractivity contribution in [2.75, 3.05) is 0 Å². The molecule has 1 aromatic rings. The number of ether oxygens (including phenoxy) is 1. The van der Waals surface area contributed by atoms with Crippen molar-refractivity contribution in [2.24, 2.45) is 0 Å². The highest BCUT2D eigenvalue weighted by Crippen LogP contribution is 2.29. The summed E-state index contributed by atoms with van der Waals surface area (Å²) in [6, 6.07) is 2.05. The first kappa shape index (κ1) is 13.6. The molecule has 0 amide bonds. The minimum absolute atomic E-state index is 0.167. The van der Waals surface area contributed by atoms with Gasteiger partial charge in [0.1, 0.15) is 10.5 Å². The van der Waals surface area contributed by atoms with E-state index in [1.165, 1.54) is 36.1 Å². The van der Waals surface area contributed by atoms with Crippen LogP contribution in [0.1, 0.15) is 66.6 Å². The van der Waals surface area contributed by atoms with Crippen LogP contribution in [0.2, 0.25) is 0 Å². The van der Waals surface area contributed by atoms with Crippen LogP contribution in [-0.4, -0.2) is 11.6 Å². The third-order valence-electron chi connectivity index (χ3n) is 3.10. The number of hydrogen-bond donors (Lipinski definition) is 0. The van der Waals surface area contributed by atoms with Gasteiger partial charge in [0.15, 0.2) is 0 Å². The van der Waals surface area contributed by atoms with Gasteiger partial charge in [-0.1, -0.05) is 12.8 Å². The van der Waals surface area contributed by atoms with Gasteiger partial charge >= 0.3 is 5.97 Å². The number of carbonyl (C=O) groups is 1. The van der Waals surface area contributed by atoms with E-state index in [-0.39, 0.29) is 5.97 Å². The third kappa shape index (κ3) is 3.58. The summed E-state index contributed by atoms with van der Waals surface area (Å²) < 4.78 is 5.44. The number of thiophene rings is 1. The first-order valence-corrected chi connectivity index (χ1v) is 7.62. The first-order chi connectivity index (χ1) is 8.46. The topological polar surface area (TPSA) is 26.3 Å². The SMILES string of the molecule is CC(C)(C)OC(=O)c1cc2c(s1)CCCCCC2. The van der Waals surface area contributed by atoms with Gasteiger partial charge in [0.2, 0.25) is 0 Å². The summed E-state index contributed by atoms with van der Waals surface area (Å²) in [6.45, 7) is 5.73. The van der Waals surface area contributed by atoms with Gasteiger partial charge in [-0.2, -0.15) is 0 Å². The molecule has 0 aromatic carbocycles. The molecule has 0 atom stereocenters. The fourth-order valence-corrected chi connectivity index (χ4v) is 3.40. The Hall–Kier alpha value is -0.830. The van der Waals surface area contributed by atoms with Crippen LogP contribution in [0.4, 0.5) is 0 Å². The van der Waals surface area contributed by atoms with Gasteiger partial charge in [-0.3, -0.25) is 0 Å². The maximum Gasteiger partial charge on any atom is 0.348 e. The molecule has 3 heteroatoms. The van der Waals surface area contributed by atoms with Gasteiger partial charge in [-0.25, -0.2) is 4.79 Å². The van der Waals surface area contributed by atoms with Crippen LogP contribution in [0.25, 0.3) is 0 Å². The Morgan fingerprint density at radius 2 is 1.83 bits per heavy atom. The Bertz CT molecular complexity index is 401. The van der Waals surface area contributed by atoms with Gasteiger partial charge < -0.3 is 4.74 Å². The molecule has 2 nitrogen and oxygen atoms in total. The predicted molar refractivity (Wildman–Crippen MR) is 75.4 cm³/mol. The Morgan fingerprint density at radius 1 is 1.17 bits per heavy atom. The summed E-state index contributed by atoms with van der Waals surface area (Å²) >= 11 is 1.63. The number of aryl methyl sites for hydroxylation is 2. The maximum absolute atomic E-state index is 12.0. The van der Waals surface area contributed by atoms with E-state index >= 15 is 0 Å². The van der Waals surface area contributed by atoms with E-state index in [0.29, 0.717) is 0 Å². The minimum atomic E-state index is -0.407. The smallest absolute Gasteiger partial charge is 0.348 e. The molecule has 0 spiro atoms. The molecule has 1 heterocycles. The zero-order valence-electron chi connectivity index (χ0n) is 11.5. The van der Waals surface area contributed by atoms with Crippen molar-refractivity contribution in [3.63, 3.8) is 0 Å². The molecule has 1 aromatic heterocycles. The second-order valence-corrected chi connectivity index (χ2v) is 7.11. The van der Waals surface area contributed by atoms with E-state index in [1.54, 1.807) is 11.3 Å². The average Bonchev–Trinajstić information content (AvgIpc) is 2.58. The van der Waals surface area contributed by atoms with E-state index in [1.807, 2.05) is 20.8 Å². The number of rotatable bonds is 1. The predicted octanol–water partition coefficient (Wildman–Crippen LogP) is 4.36. The Morgan fingerprint density at radius 3 is 2.50 bits per heavy atom. The fraction of sp³-hybridized carbons (Fsp3) is 0.667. The number of esters is 1. The van der Waals surface area contributed by atoms with Gasteiger partial charge in [-0.15, -0.1) is 11.3 Å². The number of hydrogen-bond acceptors (Lipinski definition) is 3. The summed E-state index contributed by atoms with van der Waals surface area (Å²) in [7, 11) is 0. The number of carbonyl (C=O) groups excluding carboxylic acids is 1. The molecule has 100 valence electrons. The van der Waals surface area contributed by atoms with Crippen molar-refractivity contribution in [3.05, 3.63) is 21.4 Å². The quantitative estimate of drug-likeness (QED) is 0.706. The molecule has 0 bridgehead atoms. The van der Waals surface area contributed by atoms with Gasteiger partial charge in [0.05, 0.1) is 0 Å². The van der Waals surface area contributed by atoms with Crippen molar-refractivity contribution in [2.45, 2.75) is 64.9 Å². The van der Waals surface area contributed by atoms with E-state index in [0.717, 1.165) is 17.7 Å². The van der Waals surface area contributed by atoms with Crippen LogP contribution >= 0.6 is 11.3 Å². The van der Waals surface area contributed by atoms with E-state index in [2.05, 4.69) is 6.07 Å². The lowest BCUT2D eigenvalue weighted by Gasteiger charge is -2.18. The summed E-state index contributed by atoms with van der Waals surface area (Å²) in [4.78, 5) is 14.2. The number of fused-ring (bicyclic) bond motifs is 1. The molecule has 0 unspecified atom stereocenters. The highest BCUT2D eigenvalue weighted by molar-refractivity contribution is 7.14. The normalized spacial score (nSPS) is 16.6. The van der Waals surface area contributed by atoms with E-state index < -0.39 is 5.60 Å². The molecular formula is C15H22O2S. The van der Waals surface area contributed by atoms with E-state index in [4.69, 9.17) is 4.74 Å². The maximum atomic E-state index is 12.0. The lowest BCUT2D eigenvalue weighted by atomic mass is 10.00. The zero-order chi connectivity index (χ0) is 13.2. The summed E-state index contributed by atoms with van der Waals surface area (Å²) in [5.41, 5.74) is 0.968. The molecular weight excluding hydrogens is 244 g/mol. The molecule has 0 saturated carbocycles. The van der Waals surface area contributed by atoms with Crippen LogP contribution in [0.15, 0.2) is 6.07 Å². The molecule has 1 aliphatic carbocycles. The van der Waals surface area contributed by atoms with Crippen LogP contribution < -0.4 is 0 Å². The summed E-state index contributed by atoms with van der Waals surface area (Å²) in [5.74, 6) is -0.167. The second kappa shape index (κ2) is 5.43. The van der Waals surface area contributed by atoms with Crippen molar-refractivity contribution in [3.8, 4) is 0 Å². The Labute approximate surface area is 113 Å². The molecule has 0 fully saturated rings. The van der Waals surface area contributed by atoms with Gasteiger partial charge in [-0.05, 0) is 58.1 Å². The first-order valence-electron chi connectivity index (χ1n) is 6.81. The van der Waals surface area contributed by atoms with Crippen LogP contribution in [0.5, 0.6) is 0 Å². The standard InChI is InChI=1S/C15H22O2S/c1-15(2,3)17-14(16)13-10-11-8-6-4-5-7-9-12(11)18-13/h10H,4-9H2,1-3H3. The Kier molecular flexibility index (Phi) is 4.10.